The van der Waals surface area contributed by atoms with Gasteiger partial charge in [0.2, 0.25) is 10.0 Å². The number of hydrogen-bond donors (Lipinski definition) is 0. The van der Waals surface area contributed by atoms with Crippen molar-refractivity contribution < 1.29 is 13.3 Å². The molecule has 1 aromatic rings. The molecule has 23 heavy (non-hydrogen) atoms. The van der Waals surface area contributed by atoms with Gasteiger partial charge in [0.25, 0.3) is 5.69 Å². The van der Waals surface area contributed by atoms with E-state index >= 15 is 0 Å². The second-order valence-corrected chi connectivity index (χ2v) is 8.18. The molecule has 3 rings (SSSR count). The van der Waals surface area contributed by atoms with E-state index in [2.05, 4.69) is 12.2 Å². The SMILES string of the molecule is CCN(C[C@H]1C[C@H]2C=C[C@@H]1C2)S(=O)(=O)c1ccc([N+](=O)[O-])cc1. The van der Waals surface area contributed by atoms with Crippen molar-refractivity contribution in [2.24, 2.45) is 17.8 Å². The number of nitro benzene ring substituents is 1. The number of rotatable bonds is 6. The molecular formula is C16H20N2O4S. The summed E-state index contributed by atoms with van der Waals surface area (Å²) in [6.45, 7) is 2.74. The Hall–Kier alpha value is -1.73. The molecule has 6 nitrogen and oxygen atoms in total. The van der Waals surface area contributed by atoms with Gasteiger partial charge in [-0.2, -0.15) is 4.31 Å². The summed E-state index contributed by atoms with van der Waals surface area (Å²) in [6.07, 6.45) is 6.64. The molecule has 0 unspecified atom stereocenters. The number of nitro groups is 1. The molecule has 7 heteroatoms. The van der Waals surface area contributed by atoms with Crippen LogP contribution in [0.15, 0.2) is 41.3 Å². The average molecular weight is 336 g/mol. The van der Waals surface area contributed by atoms with Crippen LogP contribution in [0.5, 0.6) is 0 Å². The van der Waals surface area contributed by atoms with Gasteiger partial charge in [-0.3, -0.25) is 10.1 Å². The van der Waals surface area contributed by atoms with Gasteiger partial charge in [0.1, 0.15) is 0 Å². The second kappa shape index (κ2) is 6.05. The zero-order chi connectivity index (χ0) is 16.6. The molecule has 2 bridgehead atoms. The van der Waals surface area contributed by atoms with Crippen LogP contribution < -0.4 is 0 Å². The number of non-ortho nitro benzene ring substituents is 1. The summed E-state index contributed by atoms with van der Waals surface area (Å²) in [4.78, 5) is 10.3. The summed E-state index contributed by atoms with van der Waals surface area (Å²) in [5, 5.41) is 10.7. The molecule has 124 valence electrons. The monoisotopic (exact) mass is 336 g/mol. The Bertz CT molecular complexity index is 727. The molecule has 0 heterocycles. The van der Waals surface area contributed by atoms with Crippen molar-refractivity contribution in [1.82, 2.24) is 4.31 Å². The van der Waals surface area contributed by atoms with Crippen LogP contribution in [-0.4, -0.2) is 30.7 Å². The maximum atomic E-state index is 12.8. The largest absolute Gasteiger partial charge is 0.269 e. The van der Waals surface area contributed by atoms with Crippen molar-refractivity contribution in [3.05, 3.63) is 46.5 Å². The predicted molar refractivity (Wildman–Crippen MR) is 86.4 cm³/mol. The van der Waals surface area contributed by atoms with Gasteiger partial charge in [-0.1, -0.05) is 19.1 Å². The molecule has 1 aromatic carbocycles. The molecule has 1 fully saturated rings. The molecule has 0 saturated heterocycles. The van der Waals surface area contributed by atoms with Crippen molar-refractivity contribution in [3.8, 4) is 0 Å². The summed E-state index contributed by atoms with van der Waals surface area (Å²) >= 11 is 0. The third-order valence-corrected chi connectivity index (χ3v) is 6.85. The molecule has 0 radical (unpaired) electrons. The molecule has 2 aliphatic rings. The summed E-state index contributed by atoms with van der Waals surface area (Å²) < 4.78 is 27.0. The van der Waals surface area contributed by atoms with E-state index in [0.29, 0.717) is 30.8 Å². The first-order valence-electron chi connectivity index (χ1n) is 7.84. The van der Waals surface area contributed by atoms with E-state index in [9.17, 15) is 18.5 Å². The molecule has 3 atom stereocenters. The van der Waals surface area contributed by atoms with Gasteiger partial charge in [0, 0.05) is 25.2 Å². The summed E-state index contributed by atoms with van der Waals surface area (Å²) in [5.74, 6) is 1.46. The zero-order valence-electron chi connectivity index (χ0n) is 13.0. The number of hydrogen-bond acceptors (Lipinski definition) is 4. The Morgan fingerprint density at radius 1 is 1.22 bits per heavy atom. The fraction of sp³-hybridized carbons (Fsp3) is 0.500. The Morgan fingerprint density at radius 2 is 1.91 bits per heavy atom. The number of benzene rings is 1. The van der Waals surface area contributed by atoms with E-state index < -0.39 is 14.9 Å². The van der Waals surface area contributed by atoms with Crippen LogP contribution in [0.4, 0.5) is 5.69 Å². The number of fused-ring (bicyclic) bond motifs is 2. The minimum atomic E-state index is -3.61. The van der Waals surface area contributed by atoms with Crippen LogP contribution in [0, 0.1) is 27.9 Å². The maximum Gasteiger partial charge on any atom is 0.269 e. The second-order valence-electron chi connectivity index (χ2n) is 6.25. The number of allylic oxidation sites excluding steroid dienone is 2. The standard InChI is InChI=1S/C16H20N2O4S/c1-2-17(11-14-10-12-3-4-13(14)9-12)23(21,22)16-7-5-15(6-8-16)18(19)20/h3-8,12-14H,2,9-11H2,1H3/t12-,13+,14+/m0/s1. The third kappa shape index (κ3) is 3.03. The summed E-state index contributed by atoms with van der Waals surface area (Å²) in [5.41, 5.74) is -0.106. The van der Waals surface area contributed by atoms with Crippen LogP contribution in [0.25, 0.3) is 0 Å². The molecule has 0 aliphatic heterocycles. The normalized spacial score (nSPS) is 26.1. The van der Waals surface area contributed by atoms with Crippen molar-refractivity contribution in [3.63, 3.8) is 0 Å². The van der Waals surface area contributed by atoms with Gasteiger partial charge in [-0.15, -0.1) is 0 Å². The van der Waals surface area contributed by atoms with Crippen LogP contribution in [-0.2, 0) is 10.0 Å². The van der Waals surface area contributed by atoms with Gasteiger partial charge in [0.05, 0.1) is 9.82 Å². The smallest absolute Gasteiger partial charge is 0.258 e. The summed E-state index contributed by atoms with van der Waals surface area (Å²) in [6, 6.07) is 5.11. The number of sulfonamides is 1. The van der Waals surface area contributed by atoms with E-state index in [1.54, 1.807) is 0 Å². The van der Waals surface area contributed by atoms with Gasteiger partial charge in [0.15, 0.2) is 0 Å². The molecular weight excluding hydrogens is 316 g/mol. The lowest BCUT2D eigenvalue weighted by atomic mass is 9.94. The highest BCUT2D eigenvalue weighted by atomic mass is 32.2. The molecule has 0 amide bonds. The highest BCUT2D eigenvalue weighted by Gasteiger charge is 2.38. The molecule has 0 spiro atoms. The molecule has 0 N–H and O–H groups in total. The van der Waals surface area contributed by atoms with Gasteiger partial charge >= 0.3 is 0 Å². The maximum absolute atomic E-state index is 12.8. The molecule has 2 aliphatic carbocycles. The predicted octanol–water partition coefficient (Wildman–Crippen LogP) is 2.82. The van der Waals surface area contributed by atoms with Gasteiger partial charge in [-0.25, -0.2) is 8.42 Å². The van der Waals surface area contributed by atoms with Crippen LogP contribution in [0.3, 0.4) is 0 Å². The fourth-order valence-corrected chi connectivity index (χ4v) is 5.16. The summed E-state index contributed by atoms with van der Waals surface area (Å²) in [7, 11) is -3.61. The van der Waals surface area contributed by atoms with Gasteiger partial charge < -0.3 is 0 Å². The van der Waals surface area contributed by atoms with Crippen molar-refractivity contribution in [2.75, 3.05) is 13.1 Å². The van der Waals surface area contributed by atoms with Crippen LogP contribution in [0.2, 0.25) is 0 Å². The third-order valence-electron chi connectivity index (χ3n) is 4.89. The lowest BCUT2D eigenvalue weighted by Crippen LogP contribution is -2.36. The van der Waals surface area contributed by atoms with E-state index in [-0.39, 0.29) is 10.6 Å². The fourth-order valence-electron chi connectivity index (χ4n) is 3.65. The van der Waals surface area contributed by atoms with Crippen LogP contribution in [0.1, 0.15) is 19.8 Å². The van der Waals surface area contributed by atoms with E-state index in [1.807, 2.05) is 6.92 Å². The van der Waals surface area contributed by atoms with Gasteiger partial charge in [-0.05, 0) is 42.7 Å². The lowest BCUT2D eigenvalue weighted by Gasteiger charge is -2.27. The first-order valence-corrected chi connectivity index (χ1v) is 9.28. The highest BCUT2D eigenvalue weighted by Crippen LogP contribution is 2.44. The lowest BCUT2D eigenvalue weighted by molar-refractivity contribution is -0.384. The number of nitrogens with zero attached hydrogens (tertiary/aromatic N) is 2. The Kier molecular flexibility index (Phi) is 4.25. The minimum Gasteiger partial charge on any atom is -0.258 e. The van der Waals surface area contributed by atoms with Crippen molar-refractivity contribution in [2.45, 2.75) is 24.7 Å². The van der Waals surface area contributed by atoms with Crippen molar-refractivity contribution in [1.29, 1.82) is 0 Å². The Morgan fingerprint density at radius 3 is 2.39 bits per heavy atom. The van der Waals surface area contributed by atoms with E-state index in [0.717, 1.165) is 12.8 Å². The first-order chi connectivity index (χ1) is 10.9. The Balaban J connectivity index is 1.78. The zero-order valence-corrected chi connectivity index (χ0v) is 13.8. The topological polar surface area (TPSA) is 80.5 Å². The first kappa shape index (κ1) is 16.1. The van der Waals surface area contributed by atoms with Crippen molar-refractivity contribution >= 4 is 15.7 Å². The van der Waals surface area contributed by atoms with Crippen LogP contribution >= 0.6 is 0 Å². The Labute approximate surface area is 136 Å². The average Bonchev–Trinajstić information content (AvgIpc) is 3.15. The minimum absolute atomic E-state index is 0.106. The van der Waals surface area contributed by atoms with E-state index in [1.165, 1.54) is 28.6 Å². The molecule has 1 saturated carbocycles. The molecule has 0 aromatic heterocycles. The quantitative estimate of drug-likeness (QED) is 0.454. The van der Waals surface area contributed by atoms with E-state index in [4.69, 9.17) is 0 Å². The highest BCUT2D eigenvalue weighted by molar-refractivity contribution is 7.89.